The molecule has 4 atom stereocenters. The predicted molar refractivity (Wildman–Crippen MR) is 110 cm³/mol. The van der Waals surface area contributed by atoms with Gasteiger partial charge in [-0.2, -0.15) is 0 Å². The van der Waals surface area contributed by atoms with Crippen LogP contribution in [0, 0.1) is 30.6 Å². The number of carboxylic acid groups (broad SMARTS) is 1. The average Bonchev–Trinajstić information content (AvgIpc) is 3.35. The monoisotopic (exact) mass is 398 g/mol. The molecule has 1 aromatic heterocycles. The predicted octanol–water partition coefficient (Wildman–Crippen LogP) is 4.93. The molecule has 2 aliphatic rings. The van der Waals surface area contributed by atoms with Gasteiger partial charge in [-0.25, -0.2) is 4.98 Å². The molecule has 148 valence electrons. The summed E-state index contributed by atoms with van der Waals surface area (Å²) in [5, 5.41) is 13.1. The van der Waals surface area contributed by atoms with Crippen molar-refractivity contribution in [2.75, 3.05) is 5.32 Å². The lowest BCUT2D eigenvalue weighted by molar-refractivity contribution is -0.148. The van der Waals surface area contributed by atoms with Crippen LogP contribution in [0.2, 0.25) is 0 Å². The van der Waals surface area contributed by atoms with Crippen LogP contribution in [-0.4, -0.2) is 22.0 Å². The number of aromatic nitrogens is 1. The van der Waals surface area contributed by atoms with Crippen LogP contribution in [0.4, 0.5) is 5.13 Å². The number of thiazole rings is 1. The fourth-order valence-electron chi connectivity index (χ4n) is 4.96. The highest BCUT2D eigenvalue weighted by molar-refractivity contribution is 7.16. The van der Waals surface area contributed by atoms with Crippen molar-refractivity contribution in [3.05, 3.63) is 34.7 Å². The van der Waals surface area contributed by atoms with E-state index >= 15 is 0 Å². The number of anilines is 1. The van der Waals surface area contributed by atoms with Crippen LogP contribution in [-0.2, 0) is 9.59 Å². The molecule has 2 aliphatic carbocycles. The SMILES string of the molecule is Cc1sc(NC(=O)[C@H]2[C@@H]3CC[C@@H](C3)[C@@H]2C(=O)O)nc1-c1ccc(C(C)C)cc1. The number of fused-ring (bicyclic) bond motifs is 2. The summed E-state index contributed by atoms with van der Waals surface area (Å²) < 4.78 is 0. The van der Waals surface area contributed by atoms with Crippen molar-refractivity contribution in [2.45, 2.75) is 46.0 Å². The van der Waals surface area contributed by atoms with Gasteiger partial charge in [-0.3, -0.25) is 9.59 Å². The summed E-state index contributed by atoms with van der Waals surface area (Å²) in [5.41, 5.74) is 3.18. The fourth-order valence-corrected chi connectivity index (χ4v) is 5.79. The van der Waals surface area contributed by atoms with Crippen LogP contribution in [0.25, 0.3) is 11.3 Å². The molecule has 6 heteroatoms. The minimum absolute atomic E-state index is 0.145. The fraction of sp³-hybridized carbons (Fsp3) is 0.500. The molecule has 4 rings (SSSR count). The second kappa shape index (κ2) is 7.32. The van der Waals surface area contributed by atoms with Crippen LogP contribution in [0.5, 0.6) is 0 Å². The number of hydrogen-bond donors (Lipinski definition) is 2. The zero-order valence-corrected chi connectivity index (χ0v) is 17.3. The zero-order chi connectivity index (χ0) is 20.0. The van der Waals surface area contributed by atoms with Crippen molar-refractivity contribution < 1.29 is 14.7 Å². The standard InChI is InChI=1S/C22H26N2O3S/c1-11(2)13-4-6-14(7-5-13)19-12(3)28-22(23-19)24-20(25)17-15-8-9-16(10-15)18(17)21(26)27/h4-7,11,15-18H,8-10H2,1-3H3,(H,26,27)(H,23,24,25)/t15-,16+,17+,18+/m1/s1. The number of carbonyl (C=O) groups excluding carboxylic acids is 1. The summed E-state index contributed by atoms with van der Waals surface area (Å²) in [5.74, 6) is -1.20. The number of carboxylic acids is 1. The summed E-state index contributed by atoms with van der Waals surface area (Å²) in [6, 6.07) is 8.37. The maximum atomic E-state index is 12.9. The molecule has 2 fully saturated rings. The van der Waals surface area contributed by atoms with Gasteiger partial charge in [0, 0.05) is 10.4 Å². The Bertz CT molecular complexity index is 903. The highest BCUT2D eigenvalue weighted by Crippen LogP contribution is 2.52. The molecule has 5 nitrogen and oxygen atoms in total. The Morgan fingerprint density at radius 3 is 2.39 bits per heavy atom. The van der Waals surface area contributed by atoms with E-state index in [1.165, 1.54) is 16.9 Å². The number of hydrogen-bond acceptors (Lipinski definition) is 4. The van der Waals surface area contributed by atoms with Crippen molar-refractivity contribution >= 4 is 28.3 Å². The third-order valence-electron chi connectivity index (χ3n) is 6.38. The molecule has 0 unspecified atom stereocenters. The van der Waals surface area contributed by atoms with Gasteiger partial charge in [-0.05, 0) is 49.5 Å². The van der Waals surface area contributed by atoms with E-state index in [0.29, 0.717) is 11.0 Å². The molecule has 2 aromatic rings. The second-order valence-electron chi connectivity index (χ2n) is 8.41. The Labute approximate surface area is 169 Å². The second-order valence-corrected chi connectivity index (χ2v) is 9.62. The van der Waals surface area contributed by atoms with Crippen molar-refractivity contribution in [3.8, 4) is 11.3 Å². The van der Waals surface area contributed by atoms with E-state index in [9.17, 15) is 14.7 Å². The molecule has 0 aliphatic heterocycles. The van der Waals surface area contributed by atoms with Gasteiger partial charge >= 0.3 is 5.97 Å². The molecule has 0 saturated heterocycles. The maximum Gasteiger partial charge on any atom is 0.307 e. The Morgan fingerprint density at radius 1 is 1.14 bits per heavy atom. The van der Waals surface area contributed by atoms with E-state index in [-0.39, 0.29) is 17.7 Å². The molecule has 0 radical (unpaired) electrons. The number of benzene rings is 1. The minimum atomic E-state index is -0.839. The zero-order valence-electron chi connectivity index (χ0n) is 16.4. The Hall–Kier alpha value is -2.21. The van der Waals surface area contributed by atoms with Crippen molar-refractivity contribution in [3.63, 3.8) is 0 Å². The number of nitrogens with zero attached hydrogens (tertiary/aromatic N) is 1. The van der Waals surface area contributed by atoms with Crippen LogP contribution in [0.1, 0.15) is 49.5 Å². The quantitative estimate of drug-likeness (QED) is 0.749. The first-order valence-electron chi connectivity index (χ1n) is 9.96. The Kier molecular flexibility index (Phi) is 5.00. The van der Waals surface area contributed by atoms with E-state index in [4.69, 9.17) is 0 Å². The summed E-state index contributed by atoms with van der Waals surface area (Å²) in [6.45, 7) is 6.32. The molecule has 28 heavy (non-hydrogen) atoms. The summed E-state index contributed by atoms with van der Waals surface area (Å²) >= 11 is 1.45. The number of aliphatic carboxylic acids is 1. The van der Waals surface area contributed by atoms with Gasteiger partial charge in [-0.15, -0.1) is 11.3 Å². The van der Waals surface area contributed by atoms with Gasteiger partial charge in [0.25, 0.3) is 0 Å². The smallest absolute Gasteiger partial charge is 0.307 e. The van der Waals surface area contributed by atoms with E-state index in [1.807, 2.05) is 6.92 Å². The highest BCUT2D eigenvalue weighted by atomic mass is 32.1. The lowest BCUT2D eigenvalue weighted by Crippen LogP contribution is -2.37. The van der Waals surface area contributed by atoms with Crippen LogP contribution in [0.15, 0.2) is 24.3 Å². The molecule has 0 spiro atoms. The lowest BCUT2D eigenvalue weighted by atomic mass is 9.79. The number of aryl methyl sites for hydroxylation is 1. The average molecular weight is 399 g/mol. The first-order valence-corrected chi connectivity index (χ1v) is 10.8. The number of nitrogens with one attached hydrogen (secondary N) is 1. The third kappa shape index (κ3) is 3.34. The first-order chi connectivity index (χ1) is 13.3. The third-order valence-corrected chi connectivity index (χ3v) is 7.27. The number of carbonyl (C=O) groups is 2. The molecular formula is C22H26N2O3S. The van der Waals surface area contributed by atoms with Crippen molar-refractivity contribution in [1.82, 2.24) is 4.98 Å². The van der Waals surface area contributed by atoms with Crippen LogP contribution >= 0.6 is 11.3 Å². The largest absolute Gasteiger partial charge is 0.481 e. The molecule has 1 aromatic carbocycles. The van der Waals surface area contributed by atoms with Crippen molar-refractivity contribution in [2.24, 2.45) is 23.7 Å². The summed E-state index contributed by atoms with van der Waals surface area (Å²) in [7, 11) is 0. The van der Waals surface area contributed by atoms with Crippen LogP contribution < -0.4 is 5.32 Å². The first kappa shape index (κ1) is 19.1. The van der Waals surface area contributed by atoms with Crippen LogP contribution in [0.3, 0.4) is 0 Å². The summed E-state index contributed by atoms with van der Waals surface area (Å²) in [4.78, 5) is 30.2. The van der Waals surface area contributed by atoms with Gasteiger partial charge in [0.1, 0.15) is 0 Å². The minimum Gasteiger partial charge on any atom is -0.481 e. The van der Waals surface area contributed by atoms with E-state index < -0.39 is 17.8 Å². The highest BCUT2D eigenvalue weighted by Gasteiger charge is 2.54. The molecular weight excluding hydrogens is 372 g/mol. The van der Waals surface area contributed by atoms with Crippen molar-refractivity contribution in [1.29, 1.82) is 0 Å². The maximum absolute atomic E-state index is 12.9. The van der Waals surface area contributed by atoms with Gasteiger partial charge in [-0.1, -0.05) is 38.1 Å². The Balaban J connectivity index is 1.52. The molecule has 1 amide bonds. The van der Waals surface area contributed by atoms with E-state index in [1.54, 1.807) is 0 Å². The molecule has 2 N–H and O–H groups in total. The number of amides is 1. The normalized spacial score (nSPS) is 26.0. The van der Waals surface area contributed by atoms with Gasteiger partial charge in [0.2, 0.25) is 5.91 Å². The van der Waals surface area contributed by atoms with Gasteiger partial charge < -0.3 is 10.4 Å². The van der Waals surface area contributed by atoms with Gasteiger partial charge in [0.15, 0.2) is 5.13 Å². The van der Waals surface area contributed by atoms with E-state index in [0.717, 1.165) is 35.4 Å². The summed E-state index contributed by atoms with van der Waals surface area (Å²) in [6.07, 6.45) is 2.74. The molecule has 2 saturated carbocycles. The Morgan fingerprint density at radius 2 is 1.79 bits per heavy atom. The van der Waals surface area contributed by atoms with E-state index in [2.05, 4.69) is 48.4 Å². The number of rotatable bonds is 5. The molecule has 2 bridgehead atoms. The molecule has 1 heterocycles. The lowest BCUT2D eigenvalue weighted by Gasteiger charge is -2.26. The van der Waals surface area contributed by atoms with Gasteiger partial charge in [0.05, 0.1) is 17.5 Å². The topological polar surface area (TPSA) is 79.3 Å².